The van der Waals surface area contributed by atoms with Crippen molar-refractivity contribution < 1.29 is 14.3 Å². The second-order valence-corrected chi connectivity index (χ2v) is 5.76. The van der Waals surface area contributed by atoms with Gasteiger partial charge in [0.25, 0.3) is 5.91 Å². The summed E-state index contributed by atoms with van der Waals surface area (Å²) >= 11 is 5.80. The molecule has 0 aliphatic carbocycles. The predicted molar refractivity (Wildman–Crippen MR) is 92.7 cm³/mol. The highest BCUT2D eigenvalue weighted by Gasteiger charge is 2.06. The van der Waals surface area contributed by atoms with E-state index in [0.717, 1.165) is 11.1 Å². The highest BCUT2D eigenvalue weighted by Crippen LogP contribution is 2.12. The van der Waals surface area contributed by atoms with Gasteiger partial charge in [0, 0.05) is 11.4 Å². The second-order valence-electron chi connectivity index (χ2n) is 5.33. The molecule has 5 nitrogen and oxygen atoms in total. The molecule has 2 aromatic rings. The van der Waals surface area contributed by atoms with Crippen molar-refractivity contribution in [2.24, 2.45) is 0 Å². The van der Waals surface area contributed by atoms with Crippen LogP contribution in [0.2, 0.25) is 5.02 Å². The van der Waals surface area contributed by atoms with Gasteiger partial charge >= 0.3 is 0 Å². The Kier molecular flexibility index (Phi) is 6.63. The van der Waals surface area contributed by atoms with Crippen molar-refractivity contribution in [1.29, 1.82) is 0 Å². The smallest absolute Gasteiger partial charge is 0.276 e. The monoisotopic (exact) mass is 346 g/mol. The minimum Gasteiger partial charge on any atom is -0.484 e. The van der Waals surface area contributed by atoms with Gasteiger partial charge in [-0.05, 0) is 48.7 Å². The van der Waals surface area contributed by atoms with Crippen LogP contribution >= 0.6 is 11.6 Å². The SMILES string of the molecule is Cc1cccc(OCC(=O)NNC(=O)CCc2ccc(Cl)cc2)c1. The van der Waals surface area contributed by atoms with E-state index in [0.29, 0.717) is 17.2 Å². The van der Waals surface area contributed by atoms with E-state index < -0.39 is 5.91 Å². The zero-order valence-electron chi connectivity index (χ0n) is 13.3. The number of nitrogens with one attached hydrogen (secondary N) is 2. The van der Waals surface area contributed by atoms with Gasteiger partial charge in [0.1, 0.15) is 5.75 Å². The molecule has 0 aliphatic rings. The van der Waals surface area contributed by atoms with Gasteiger partial charge in [-0.3, -0.25) is 20.4 Å². The Morgan fingerprint density at radius 1 is 1.04 bits per heavy atom. The number of hydrazine groups is 1. The van der Waals surface area contributed by atoms with Crippen molar-refractivity contribution in [2.75, 3.05) is 6.61 Å². The molecule has 2 amide bonds. The van der Waals surface area contributed by atoms with Crippen LogP contribution in [0.1, 0.15) is 17.5 Å². The fourth-order valence-electron chi connectivity index (χ4n) is 2.00. The number of carbonyl (C=O) groups is 2. The summed E-state index contributed by atoms with van der Waals surface area (Å²) in [5, 5.41) is 0.657. The molecule has 0 aromatic heterocycles. The van der Waals surface area contributed by atoms with Gasteiger partial charge in [0.2, 0.25) is 5.91 Å². The molecule has 2 aromatic carbocycles. The summed E-state index contributed by atoms with van der Waals surface area (Å²) in [6, 6.07) is 14.7. The number of amides is 2. The van der Waals surface area contributed by atoms with Gasteiger partial charge in [0.15, 0.2) is 6.61 Å². The molecule has 2 rings (SSSR count). The van der Waals surface area contributed by atoms with E-state index >= 15 is 0 Å². The molecule has 0 saturated heterocycles. The topological polar surface area (TPSA) is 67.4 Å². The molecular weight excluding hydrogens is 328 g/mol. The molecule has 0 radical (unpaired) electrons. The van der Waals surface area contributed by atoms with Crippen molar-refractivity contribution in [3.63, 3.8) is 0 Å². The highest BCUT2D eigenvalue weighted by atomic mass is 35.5. The standard InChI is InChI=1S/C18H19ClN2O3/c1-13-3-2-4-16(11-13)24-12-18(23)21-20-17(22)10-7-14-5-8-15(19)9-6-14/h2-6,8-9,11H,7,10,12H2,1H3,(H,20,22)(H,21,23). The second kappa shape index (κ2) is 8.93. The number of ether oxygens (including phenoxy) is 1. The van der Waals surface area contributed by atoms with Crippen LogP contribution in [0.15, 0.2) is 48.5 Å². The summed E-state index contributed by atoms with van der Waals surface area (Å²) in [7, 11) is 0. The number of rotatable bonds is 6. The Morgan fingerprint density at radius 3 is 2.46 bits per heavy atom. The van der Waals surface area contributed by atoms with Gasteiger partial charge in [-0.1, -0.05) is 35.9 Å². The van der Waals surface area contributed by atoms with Gasteiger partial charge in [-0.25, -0.2) is 0 Å². The molecule has 0 spiro atoms. The van der Waals surface area contributed by atoms with Crippen molar-refractivity contribution in [1.82, 2.24) is 10.9 Å². The minimum atomic E-state index is -0.420. The number of carbonyl (C=O) groups excluding carboxylic acids is 2. The van der Waals surface area contributed by atoms with Crippen molar-refractivity contribution >= 4 is 23.4 Å². The maximum atomic E-state index is 11.7. The van der Waals surface area contributed by atoms with E-state index in [4.69, 9.17) is 16.3 Å². The average molecular weight is 347 g/mol. The molecule has 2 N–H and O–H groups in total. The molecule has 0 unspecified atom stereocenters. The van der Waals surface area contributed by atoms with E-state index in [9.17, 15) is 9.59 Å². The summed E-state index contributed by atoms with van der Waals surface area (Å²) in [5.41, 5.74) is 6.74. The third-order valence-electron chi connectivity index (χ3n) is 3.25. The molecule has 126 valence electrons. The van der Waals surface area contributed by atoms with E-state index in [1.54, 1.807) is 18.2 Å². The lowest BCUT2D eigenvalue weighted by atomic mass is 10.1. The van der Waals surface area contributed by atoms with Gasteiger partial charge in [-0.15, -0.1) is 0 Å². The zero-order chi connectivity index (χ0) is 17.4. The maximum absolute atomic E-state index is 11.7. The van der Waals surface area contributed by atoms with E-state index in [-0.39, 0.29) is 18.9 Å². The van der Waals surface area contributed by atoms with Crippen molar-refractivity contribution in [3.8, 4) is 5.75 Å². The number of aryl methyl sites for hydroxylation is 2. The fraction of sp³-hybridized carbons (Fsp3) is 0.222. The Balaban J connectivity index is 1.65. The Morgan fingerprint density at radius 2 is 1.75 bits per heavy atom. The third-order valence-corrected chi connectivity index (χ3v) is 3.51. The lowest BCUT2D eigenvalue weighted by molar-refractivity contribution is -0.130. The zero-order valence-corrected chi connectivity index (χ0v) is 14.1. The van der Waals surface area contributed by atoms with Crippen molar-refractivity contribution in [3.05, 3.63) is 64.7 Å². The molecule has 0 fully saturated rings. The minimum absolute atomic E-state index is 0.166. The first-order chi connectivity index (χ1) is 11.5. The number of hydrogen-bond donors (Lipinski definition) is 2. The molecule has 0 heterocycles. The van der Waals surface area contributed by atoms with Crippen LogP contribution < -0.4 is 15.6 Å². The van der Waals surface area contributed by atoms with Crippen LogP contribution in [0, 0.1) is 6.92 Å². The molecule has 0 aliphatic heterocycles. The van der Waals surface area contributed by atoms with Gasteiger partial charge in [0.05, 0.1) is 0 Å². The van der Waals surface area contributed by atoms with Crippen LogP contribution in [0.4, 0.5) is 0 Å². The summed E-state index contributed by atoms with van der Waals surface area (Å²) in [4.78, 5) is 23.4. The largest absolute Gasteiger partial charge is 0.484 e. The molecule has 6 heteroatoms. The molecule has 0 atom stereocenters. The maximum Gasteiger partial charge on any atom is 0.276 e. The molecular formula is C18H19ClN2O3. The van der Waals surface area contributed by atoms with Gasteiger partial charge < -0.3 is 4.74 Å². The number of benzene rings is 2. The average Bonchev–Trinajstić information content (AvgIpc) is 2.57. The Bertz CT molecular complexity index is 702. The normalized spacial score (nSPS) is 10.1. The van der Waals surface area contributed by atoms with Crippen LogP contribution in [-0.2, 0) is 16.0 Å². The van der Waals surface area contributed by atoms with E-state index in [2.05, 4.69) is 10.9 Å². The summed E-state index contributed by atoms with van der Waals surface area (Å²) < 4.78 is 5.35. The van der Waals surface area contributed by atoms with Crippen molar-refractivity contribution in [2.45, 2.75) is 19.8 Å². The Hall–Kier alpha value is -2.53. The van der Waals surface area contributed by atoms with E-state index in [1.807, 2.05) is 37.3 Å². The first kappa shape index (κ1) is 17.8. The van der Waals surface area contributed by atoms with Gasteiger partial charge in [-0.2, -0.15) is 0 Å². The number of halogens is 1. The first-order valence-electron chi connectivity index (χ1n) is 7.54. The van der Waals surface area contributed by atoms with Crippen LogP contribution in [0.5, 0.6) is 5.75 Å². The lowest BCUT2D eigenvalue weighted by Crippen LogP contribution is -2.43. The summed E-state index contributed by atoms with van der Waals surface area (Å²) in [6.45, 7) is 1.77. The predicted octanol–water partition coefficient (Wildman–Crippen LogP) is 2.81. The number of hydrogen-bond acceptors (Lipinski definition) is 3. The Labute approximate surface area is 145 Å². The summed E-state index contributed by atoms with van der Waals surface area (Å²) in [6.07, 6.45) is 0.833. The molecule has 0 saturated carbocycles. The lowest BCUT2D eigenvalue weighted by Gasteiger charge is -2.09. The van der Waals surface area contributed by atoms with E-state index in [1.165, 1.54) is 0 Å². The third kappa shape index (κ3) is 6.30. The first-order valence-corrected chi connectivity index (χ1v) is 7.92. The van der Waals surface area contributed by atoms with Crippen LogP contribution in [0.3, 0.4) is 0 Å². The van der Waals surface area contributed by atoms with Crippen LogP contribution in [0.25, 0.3) is 0 Å². The quantitative estimate of drug-likeness (QED) is 0.790. The molecule has 24 heavy (non-hydrogen) atoms. The fourth-order valence-corrected chi connectivity index (χ4v) is 2.13. The molecule has 0 bridgehead atoms. The van der Waals surface area contributed by atoms with Crippen LogP contribution in [-0.4, -0.2) is 18.4 Å². The summed E-state index contributed by atoms with van der Waals surface area (Å²) in [5.74, 6) is -0.0792. The highest BCUT2D eigenvalue weighted by molar-refractivity contribution is 6.30.